The molecular weight excluding hydrogens is 228 g/mol. The second-order valence-electron chi connectivity index (χ2n) is 4.62. The molecule has 1 saturated heterocycles. The third-order valence-electron chi connectivity index (χ3n) is 3.26. The number of benzene rings is 2. The average Bonchev–Trinajstić information content (AvgIpc) is 2.36. The maximum absolute atomic E-state index is 10.1. The summed E-state index contributed by atoms with van der Waals surface area (Å²) in [6.45, 7) is 1.61. The highest BCUT2D eigenvalue weighted by Gasteiger charge is 2.20. The summed E-state index contributed by atoms with van der Waals surface area (Å²) in [6.07, 6.45) is -0.421. The lowest BCUT2D eigenvalue weighted by Gasteiger charge is -2.27. The molecule has 1 heterocycles. The van der Waals surface area contributed by atoms with Crippen molar-refractivity contribution in [2.45, 2.75) is 12.2 Å². The highest BCUT2D eigenvalue weighted by molar-refractivity contribution is 5.83. The van der Waals surface area contributed by atoms with Gasteiger partial charge in [0.15, 0.2) is 0 Å². The average molecular weight is 244 g/mol. The summed E-state index contributed by atoms with van der Waals surface area (Å²) in [5, 5.41) is 12.4. The maximum Gasteiger partial charge on any atom is 0.104 e. The molecule has 0 spiro atoms. The van der Waals surface area contributed by atoms with Gasteiger partial charge in [0, 0.05) is 0 Å². The van der Waals surface area contributed by atoms with Gasteiger partial charge in [0.05, 0.1) is 19.8 Å². The Labute approximate surface area is 106 Å². The van der Waals surface area contributed by atoms with Crippen LogP contribution in [0.2, 0.25) is 0 Å². The first-order valence-corrected chi connectivity index (χ1v) is 6.19. The van der Waals surface area contributed by atoms with Crippen molar-refractivity contribution in [1.29, 1.82) is 0 Å². The zero-order chi connectivity index (χ0) is 12.4. The van der Waals surface area contributed by atoms with Crippen molar-refractivity contribution >= 4 is 10.8 Å². The standard InChI is InChI=1S/C15H16O3/c16-15(10-18-14-8-17-9-14)13-6-5-11-3-1-2-4-12(11)7-13/h1-7,14-16H,8-10H2. The SMILES string of the molecule is OC(COC1COC1)c1ccc2ccccc2c1. The summed E-state index contributed by atoms with van der Waals surface area (Å²) in [5.41, 5.74) is 0.897. The van der Waals surface area contributed by atoms with Crippen LogP contribution in [0.5, 0.6) is 0 Å². The molecule has 0 saturated carbocycles. The van der Waals surface area contributed by atoms with Gasteiger partial charge < -0.3 is 14.6 Å². The fourth-order valence-corrected chi connectivity index (χ4v) is 2.05. The van der Waals surface area contributed by atoms with E-state index in [2.05, 4.69) is 6.07 Å². The van der Waals surface area contributed by atoms with Crippen LogP contribution in [0.3, 0.4) is 0 Å². The van der Waals surface area contributed by atoms with Gasteiger partial charge in [0.1, 0.15) is 12.2 Å². The molecule has 18 heavy (non-hydrogen) atoms. The van der Waals surface area contributed by atoms with Crippen LogP contribution in [0.4, 0.5) is 0 Å². The third-order valence-corrected chi connectivity index (χ3v) is 3.26. The Hall–Kier alpha value is -1.42. The minimum atomic E-state index is -0.574. The number of fused-ring (bicyclic) bond motifs is 1. The summed E-state index contributed by atoms with van der Waals surface area (Å²) in [6, 6.07) is 14.1. The Morgan fingerprint density at radius 1 is 1.17 bits per heavy atom. The highest BCUT2D eigenvalue weighted by atomic mass is 16.6. The van der Waals surface area contributed by atoms with Crippen LogP contribution in [0.15, 0.2) is 42.5 Å². The van der Waals surface area contributed by atoms with E-state index in [0.717, 1.165) is 10.9 Å². The summed E-state index contributed by atoms with van der Waals surface area (Å²) < 4.78 is 10.6. The van der Waals surface area contributed by atoms with Crippen molar-refractivity contribution in [2.75, 3.05) is 19.8 Å². The number of hydrogen-bond donors (Lipinski definition) is 1. The molecule has 3 rings (SSSR count). The Morgan fingerprint density at radius 3 is 2.67 bits per heavy atom. The summed E-state index contributed by atoms with van der Waals surface area (Å²) in [4.78, 5) is 0. The van der Waals surface area contributed by atoms with Crippen LogP contribution in [0.1, 0.15) is 11.7 Å². The van der Waals surface area contributed by atoms with Crippen molar-refractivity contribution in [3.05, 3.63) is 48.0 Å². The Morgan fingerprint density at radius 2 is 1.94 bits per heavy atom. The lowest BCUT2D eigenvalue weighted by atomic mass is 10.0. The number of rotatable bonds is 4. The van der Waals surface area contributed by atoms with Crippen molar-refractivity contribution in [2.24, 2.45) is 0 Å². The van der Waals surface area contributed by atoms with E-state index < -0.39 is 6.10 Å². The molecule has 1 aliphatic rings. The van der Waals surface area contributed by atoms with Gasteiger partial charge >= 0.3 is 0 Å². The molecule has 3 heteroatoms. The van der Waals surface area contributed by atoms with Gasteiger partial charge in [-0.2, -0.15) is 0 Å². The predicted octanol–water partition coefficient (Wildman–Crippen LogP) is 2.29. The second kappa shape index (κ2) is 5.06. The number of aliphatic hydroxyl groups excluding tert-OH is 1. The van der Waals surface area contributed by atoms with E-state index in [1.54, 1.807) is 0 Å². The van der Waals surface area contributed by atoms with Crippen LogP contribution in [-0.2, 0) is 9.47 Å². The molecule has 1 fully saturated rings. The molecule has 2 aromatic carbocycles. The molecular formula is C15H16O3. The lowest BCUT2D eigenvalue weighted by Crippen LogP contribution is -2.37. The fourth-order valence-electron chi connectivity index (χ4n) is 2.05. The molecule has 1 aliphatic heterocycles. The van der Waals surface area contributed by atoms with Crippen LogP contribution >= 0.6 is 0 Å². The lowest BCUT2D eigenvalue weighted by molar-refractivity contribution is -0.143. The Bertz CT molecular complexity index is 534. The smallest absolute Gasteiger partial charge is 0.104 e. The zero-order valence-corrected chi connectivity index (χ0v) is 10.1. The molecule has 0 bridgehead atoms. The van der Waals surface area contributed by atoms with Gasteiger partial charge in [0.2, 0.25) is 0 Å². The van der Waals surface area contributed by atoms with E-state index in [9.17, 15) is 5.11 Å². The molecule has 0 aromatic heterocycles. The first kappa shape index (κ1) is 11.7. The largest absolute Gasteiger partial charge is 0.386 e. The van der Waals surface area contributed by atoms with E-state index in [4.69, 9.17) is 9.47 Å². The minimum absolute atomic E-state index is 0.153. The van der Waals surface area contributed by atoms with Crippen molar-refractivity contribution in [1.82, 2.24) is 0 Å². The third kappa shape index (κ3) is 2.38. The van der Waals surface area contributed by atoms with Crippen molar-refractivity contribution < 1.29 is 14.6 Å². The number of aliphatic hydroxyl groups is 1. The normalized spacial score (nSPS) is 17.6. The zero-order valence-electron chi connectivity index (χ0n) is 10.1. The van der Waals surface area contributed by atoms with E-state index >= 15 is 0 Å². The van der Waals surface area contributed by atoms with Crippen LogP contribution in [0.25, 0.3) is 10.8 Å². The first-order chi connectivity index (χ1) is 8.83. The van der Waals surface area contributed by atoms with E-state index in [0.29, 0.717) is 19.8 Å². The monoisotopic (exact) mass is 244 g/mol. The van der Waals surface area contributed by atoms with Crippen molar-refractivity contribution in [3.8, 4) is 0 Å². The minimum Gasteiger partial charge on any atom is -0.386 e. The summed E-state index contributed by atoms with van der Waals surface area (Å²) in [7, 11) is 0. The fraction of sp³-hybridized carbons (Fsp3) is 0.333. The molecule has 1 atom stereocenters. The van der Waals surface area contributed by atoms with Gasteiger partial charge in [-0.1, -0.05) is 36.4 Å². The second-order valence-corrected chi connectivity index (χ2v) is 4.62. The van der Waals surface area contributed by atoms with Gasteiger partial charge in [-0.15, -0.1) is 0 Å². The molecule has 0 amide bonds. The topological polar surface area (TPSA) is 38.7 Å². The molecule has 94 valence electrons. The highest BCUT2D eigenvalue weighted by Crippen LogP contribution is 2.21. The molecule has 0 radical (unpaired) electrons. The Kier molecular flexibility index (Phi) is 3.28. The van der Waals surface area contributed by atoms with Crippen LogP contribution in [0, 0.1) is 0 Å². The van der Waals surface area contributed by atoms with Crippen molar-refractivity contribution in [3.63, 3.8) is 0 Å². The predicted molar refractivity (Wildman–Crippen MR) is 69.5 cm³/mol. The summed E-state index contributed by atoms with van der Waals surface area (Å²) >= 11 is 0. The molecule has 1 N–H and O–H groups in total. The molecule has 1 unspecified atom stereocenters. The van der Waals surface area contributed by atoms with Gasteiger partial charge in [-0.3, -0.25) is 0 Å². The van der Waals surface area contributed by atoms with Gasteiger partial charge in [-0.25, -0.2) is 0 Å². The molecule has 2 aromatic rings. The van der Waals surface area contributed by atoms with E-state index in [-0.39, 0.29) is 6.10 Å². The van der Waals surface area contributed by atoms with Crippen LogP contribution < -0.4 is 0 Å². The van der Waals surface area contributed by atoms with E-state index in [1.165, 1.54) is 5.39 Å². The maximum atomic E-state index is 10.1. The quantitative estimate of drug-likeness (QED) is 0.896. The molecule has 3 nitrogen and oxygen atoms in total. The number of hydrogen-bond acceptors (Lipinski definition) is 3. The van der Waals surface area contributed by atoms with Gasteiger partial charge in [0.25, 0.3) is 0 Å². The van der Waals surface area contributed by atoms with Crippen LogP contribution in [-0.4, -0.2) is 31.0 Å². The Balaban J connectivity index is 1.71. The summed E-state index contributed by atoms with van der Waals surface area (Å²) in [5.74, 6) is 0. The van der Waals surface area contributed by atoms with E-state index in [1.807, 2.05) is 36.4 Å². The first-order valence-electron chi connectivity index (χ1n) is 6.19. The number of ether oxygens (including phenoxy) is 2. The van der Waals surface area contributed by atoms with Gasteiger partial charge in [-0.05, 0) is 22.4 Å². The molecule has 0 aliphatic carbocycles.